The van der Waals surface area contributed by atoms with E-state index in [1.165, 1.54) is 84.8 Å². The molecule has 0 spiro atoms. The lowest BCUT2D eigenvalue weighted by Crippen LogP contribution is -2.45. The van der Waals surface area contributed by atoms with Crippen LogP contribution in [0.15, 0.2) is 60.7 Å². The molecule has 0 unspecified atom stereocenters. The summed E-state index contributed by atoms with van der Waals surface area (Å²) in [5.74, 6) is 4.87. The number of ether oxygens (including phenoxy) is 2. The molecule has 0 aliphatic carbocycles. The van der Waals surface area contributed by atoms with Gasteiger partial charge >= 0.3 is 0 Å². The van der Waals surface area contributed by atoms with Gasteiger partial charge < -0.3 is 49.7 Å². The van der Waals surface area contributed by atoms with Crippen molar-refractivity contribution in [1.29, 1.82) is 0 Å². The van der Waals surface area contributed by atoms with E-state index in [0.717, 1.165) is 211 Å². The lowest BCUT2D eigenvalue weighted by molar-refractivity contribution is -0.256. The summed E-state index contributed by atoms with van der Waals surface area (Å²) in [4.78, 5) is 56.3. The summed E-state index contributed by atoms with van der Waals surface area (Å²) in [5, 5.41) is 35.2. The van der Waals surface area contributed by atoms with Gasteiger partial charge in [0.15, 0.2) is 0 Å². The van der Waals surface area contributed by atoms with Gasteiger partial charge in [0.25, 0.3) is 11.8 Å². The van der Waals surface area contributed by atoms with Gasteiger partial charge in [-0.15, -0.1) is 12.8 Å². The van der Waals surface area contributed by atoms with Crippen molar-refractivity contribution in [3.05, 3.63) is 171 Å². The molecule has 0 saturated carbocycles. The van der Waals surface area contributed by atoms with Crippen LogP contribution in [-0.4, -0.2) is 89.2 Å². The van der Waals surface area contributed by atoms with Crippen LogP contribution in [0.2, 0.25) is 0 Å². The maximum Gasteiger partial charge on any atom is 0.252 e. The summed E-state index contributed by atoms with van der Waals surface area (Å²) in [6.45, 7) is 8.54. The van der Waals surface area contributed by atoms with Gasteiger partial charge in [-0.25, -0.2) is 9.15 Å². The number of benzene rings is 6. The Morgan fingerprint density at radius 1 is 0.465 bits per heavy atom. The summed E-state index contributed by atoms with van der Waals surface area (Å²) in [5.41, 5.74) is 17.9. The van der Waals surface area contributed by atoms with E-state index in [4.69, 9.17) is 22.3 Å². The van der Waals surface area contributed by atoms with E-state index in [9.17, 15) is 29.4 Å². The first-order valence-corrected chi connectivity index (χ1v) is 31.1. The van der Waals surface area contributed by atoms with Gasteiger partial charge in [-0.1, -0.05) is 24.0 Å². The van der Waals surface area contributed by atoms with Crippen molar-refractivity contribution in [3.63, 3.8) is 0 Å². The van der Waals surface area contributed by atoms with Crippen LogP contribution in [0, 0.1) is 24.7 Å². The van der Waals surface area contributed by atoms with Gasteiger partial charge in [0.1, 0.15) is 49.2 Å². The molecule has 432 valence electrons. The van der Waals surface area contributed by atoms with Gasteiger partial charge in [-0.2, -0.15) is 0 Å². The number of carboxylic acid groups (broad SMARTS) is 2. The highest BCUT2D eigenvalue weighted by atomic mass is 16.5. The Balaban J connectivity index is 0.000000145. The molecule has 14 nitrogen and oxygen atoms in total. The Morgan fingerprint density at radius 2 is 0.895 bits per heavy atom. The zero-order valence-electron chi connectivity index (χ0n) is 48.4. The average Bonchev–Trinajstić information content (AvgIpc) is 0.792. The number of nitrogens with zero attached hydrogens (tertiary/aromatic N) is 4. The van der Waals surface area contributed by atoms with Crippen molar-refractivity contribution in [3.8, 4) is 47.7 Å². The third kappa shape index (κ3) is 8.68. The highest BCUT2D eigenvalue weighted by Crippen LogP contribution is 2.51. The normalized spacial score (nSPS) is 17.5. The van der Waals surface area contributed by atoms with Crippen LogP contribution in [0.4, 0.5) is 11.4 Å². The van der Waals surface area contributed by atoms with Crippen LogP contribution in [0.5, 0.6) is 23.0 Å². The number of carbonyl (C=O) groups is 4. The highest BCUT2D eigenvalue weighted by Gasteiger charge is 2.39. The molecule has 0 saturated heterocycles. The number of hydrogen-bond acceptors (Lipinski definition) is 10. The van der Waals surface area contributed by atoms with E-state index in [0.29, 0.717) is 16.7 Å². The molecule has 2 N–H and O–H groups in total. The molecule has 10 aliphatic rings. The number of rotatable bonds is 8. The number of fused-ring (bicyclic) bond motifs is 8. The highest BCUT2D eigenvalue weighted by molar-refractivity contribution is 6.04. The summed E-state index contributed by atoms with van der Waals surface area (Å²) in [6, 6.07) is 18.5. The van der Waals surface area contributed by atoms with Gasteiger partial charge in [0, 0.05) is 140 Å². The number of carbonyl (C=O) groups excluding carboxylic acids is 4. The van der Waals surface area contributed by atoms with E-state index in [1.807, 2.05) is 0 Å². The maximum atomic E-state index is 13.1. The molecule has 2 amide bonds. The summed E-state index contributed by atoms with van der Waals surface area (Å²) < 4.78 is 19.1. The molecule has 6 aromatic rings. The van der Waals surface area contributed by atoms with E-state index in [2.05, 4.69) is 65.7 Å². The predicted octanol–water partition coefficient (Wildman–Crippen LogP) is 3.70. The number of aryl methyl sites for hydroxylation is 4. The van der Waals surface area contributed by atoms with Gasteiger partial charge in [0.05, 0.1) is 36.2 Å². The number of anilines is 2. The summed E-state index contributed by atoms with van der Waals surface area (Å²) >= 11 is 0. The summed E-state index contributed by atoms with van der Waals surface area (Å²) in [7, 11) is 0. The van der Waals surface area contributed by atoms with Crippen molar-refractivity contribution in [2.24, 2.45) is 0 Å². The quantitative estimate of drug-likeness (QED) is 0.169. The fourth-order valence-corrected chi connectivity index (χ4v) is 16.2. The fraction of sp³-hybridized carbons (Fsp3) is 0.361. The zero-order chi connectivity index (χ0) is 58.5. The molecular weight excluding hydrogens is 1080 g/mol. The Morgan fingerprint density at radius 3 is 1.38 bits per heavy atom. The molecule has 0 bridgehead atoms. The van der Waals surface area contributed by atoms with Crippen LogP contribution in [-0.2, 0) is 51.4 Å². The molecule has 0 fully saturated rings. The third-order valence-electron chi connectivity index (χ3n) is 19.6. The Kier molecular flexibility index (Phi) is 13.3. The third-order valence-corrected chi connectivity index (χ3v) is 19.6. The first-order valence-electron chi connectivity index (χ1n) is 31.1. The average molecular weight is 1140 g/mol. The smallest absolute Gasteiger partial charge is 0.252 e. The van der Waals surface area contributed by atoms with Crippen molar-refractivity contribution >= 4 is 46.3 Å². The molecular formula is C72H66N6O8. The lowest BCUT2D eigenvalue weighted by Gasteiger charge is -2.39. The first-order chi connectivity index (χ1) is 42.1. The molecule has 6 aromatic carbocycles. The molecule has 14 heteroatoms. The molecule has 0 atom stereocenters. The molecule has 86 heavy (non-hydrogen) atoms. The first kappa shape index (κ1) is 53.6. The fourth-order valence-electron chi connectivity index (χ4n) is 16.2. The van der Waals surface area contributed by atoms with E-state index in [-0.39, 0.29) is 35.7 Å². The molecule has 0 radical (unpaired) electrons. The standard InChI is InChI=1S/2C36H33N3O4/c1-2-13-37-35(40)23-11-12-24(36(41)42)27(20-23)30-28-18-21-7-3-14-38-16-5-9-25(31(21)38)33(28)43-34-26-10-6-17-39-15-4-8-22(32(26)39)19-29(30)34;1-2-13-37-35(40)23-11-12-24(27(20-23)36(41)42)30-28-18-21-7-3-14-38-16-5-9-25(31(21)38)33(28)43-34-26-10-6-17-39-15-4-8-22(32(26)39)19-29(30)34/h2*1,11-12,18-20H,3-10,13-17H2,(H-,37,40,41,42). The minimum atomic E-state index is -1.32. The summed E-state index contributed by atoms with van der Waals surface area (Å²) in [6.07, 6.45) is 26.9. The van der Waals surface area contributed by atoms with Gasteiger partial charge in [-0.05, 0) is 148 Å². The van der Waals surface area contributed by atoms with Crippen molar-refractivity contribution < 1.29 is 38.9 Å². The Bertz CT molecular complexity index is 4420. The van der Waals surface area contributed by atoms with Crippen LogP contribution >= 0.6 is 0 Å². The van der Waals surface area contributed by atoms with Crippen molar-refractivity contribution in [2.45, 2.75) is 103 Å². The number of terminal acetylenes is 2. The van der Waals surface area contributed by atoms with Crippen LogP contribution in [0.1, 0.15) is 160 Å². The monoisotopic (exact) mass is 1140 g/mol. The van der Waals surface area contributed by atoms with Crippen LogP contribution < -0.4 is 70.4 Å². The molecule has 10 heterocycles. The minimum Gasteiger partial charge on any atom is -0.545 e. The van der Waals surface area contributed by atoms with Crippen molar-refractivity contribution in [2.75, 3.05) is 75.2 Å². The Labute approximate surface area is 499 Å². The van der Waals surface area contributed by atoms with Crippen LogP contribution in [0.25, 0.3) is 11.1 Å². The zero-order valence-corrected chi connectivity index (χ0v) is 48.4. The predicted molar refractivity (Wildman–Crippen MR) is 324 cm³/mol. The maximum absolute atomic E-state index is 13.1. The van der Waals surface area contributed by atoms with Gasteiger partial charge in [0.2, 0.25) is 10.7 Å². The van der Waals surface area contributed by atoms with Crippen molar-refractivity contribution in [1.82, 2.24) is 19.8 Å². The lowest BCUT2D eigenvalue weighted by atomic mass is 9.81. The number of hydrogen-bond donors (Lipinski definition) is 2. The van der Waals surface area contributed by atoms with E-state index < -0.39 is 17.8 Å². The Hall–Kier alpha value is -9.14. The van der Waals surface area contributed by atoms with Gasteiger partial charge in [-0.3, -0.25) is 9.59 Å². The van der Waals surface area contributed by atoms with Crippen LogP contribution in [0.3, 0.4) is 0 Å². The molecule has 16 rings (SSSR count). The number of carboxylic acids is 2. The largest absolute Gasteiger partial charge is 0.545 e. The SMILES string of the molecule is C#CCNC(=O)c1ccc(C(=O)[O-])c(C2=c3cc4c5c(c3Oc3c2cc2c6c3CCCN6CCC2)CCC[N+]=5CCC4)c1.C#CCNC(=O)c1ccc(C2=c3cc4c5c(c3Oc3c2cc2c6c3CCCN6CCC2)CCC[N+]=5CCC4)c(C(=O)[O-])c1. The van der Waals surface area contributed by atoms with E-state index >= 15 is 0 Å². The second kappa shape index (κ2) is 21.4. The number of amides is 2. The van der Waals surface area contributed by atoms with E-state index in [1.54, 1.807) is 18.2 Å². The minimum absolute atomic E-state index is 0.0110. The second-order valence-corrected chi connectivity index (χ2v) is 24.6. The topological polar surface area (TPSA) is 169 Å². The number of aromatic carboxylic acids is 2. The second-order valence-electron chi connectivity index (χ2n) is 24.6. The molecule has 10 aliphatic heterocycles. The number of nitrogens with one attached hydrogen (secondary N) is 2. The molecule has 0 aromatic heterocycles.